The Labute approximate surface area is 101 Å². The topological polar surface area (TPSA) is 21.3 Å². The summed E-state index contributed by atoms with van der Waals surface area (Å²) in [6, 6.07) is 0.631. The van der Waals surface area contributed by atoms with E-state index in [4.69, 9.17) is 4.74 Å². The zero-order valence-corrected chi connectivity index (χ0v) is 11.5. The van der Waals surface area contributed by atoms with Gasteiger partial charge in [0, 0.05) is 12.6 Å². The summed E-state index contributed by atoms with van der Waals surface area (Å²) >= 11 is 0. The van der Waals surface area contributed by atoms with Crippen LogP contribution in [-0.4, -0.2) is 25.3 Å². The van der Waals surface area contributed by atoms with E-state index in [2.05, 4.69) is 33.0 Å². The van der Waals surface area contributed by atoms with Gasteiger partial charge in [-0.1, -0.05) is 27.7 Å². The fourth-order valence-electron chi connectivity index (χ4n) is 2.49. The van der Waals surface area contributed by atoms with Gasteiger partial charge in [-0.15, -0.1) is 0 Å². The Kier molecular flexibility index (Phi) is 5.77. The van der Waals surface area contributed by atoms with E-state index in [0.717, 1.165) is 13.2 Å². The Bertz CT molecular complexity index is 185. The lowest BCUT2D eigenvalue weighted by molar-refractivity contribution is 0.0921. The minimum atomic E-state index is 0.397. The van der Waals surface area contributed by atoms with Crippen LogP contribution in [0.1, 0.15) is 59.8 Å². The van der Waals surface area contributed by atoms with E-state index in [1.54, 1.807) is 0 Å². The highest BCUT2D eigenvalue weighted by molar-refractivity contribution is 4.84. The molecule has 1 aliphatic rings. The van der Waals surface area contributed by atoms with E-state index in [-0.39, 0.29) is 0 Å². The fraction of sp³-hybridized carbons (Fsp3) is 1.00. The average Bonchev–Trinajstić information content (AvgIpc) is 2.76. The molecule has 1 heterocycles. The molecule has 2 nitrogen and oxygen atoms in total. The Morgan fingerprint density at radius 3 is 2.62 bits per heavy atom. The minimum Gasteiger partial charge on any atom is -0.378 e. The smallest absolute Gasteiger partial charge is 0.0576 e. The monoisotopic (exact) mass is 227 g/mol. The molecule has 0 spiro atoms. The molecule has 0 amide bonds. The first-order valence-electron chi connectivity index (χ1n) is 6.95. The first kappa shape index (κ1) is 14.0. The molecule has 16 heavy (non-hydrogen) atoms. The second-order valence-electron chi connectivity index (χ2n) is 5.66. The van der Waals surface area contributed by atoms with E-state index in [9.17, 15) is 0 Å². The predicted octanol–water partition coefficient (Wildman–Crippen LogP) is 3.36. The molecule has 0 radical (unpaired) electrons. The zero-order chi connectivity index (χ0) is 12.0. The van der Waals surface area contributed by atoms with Crippen LogP contribution in [0, 0.1) is 5.41 Å². The van der Waals surface area contributed by atoms with Crippen LogP contribution in [0.5, 0.6) is 0 Å². The first-order chi connectivity index (χ1) is 7.60. The molecule has 0 aromatic carbocycles. The molecule has 1 N–H and O–H groups in total. The van der Waals surface area contributed by atoms with E-state index in [1.807, 2.05) is 0 Å². The normalized spacial score (nSPS) is 23.6. The van der Waals surface area contributed by atoms with Crippen molar-refractivity contribution in [3.63, 3.8) is 0 Å². The molecule has 96 valence electrons. The molecular formula is C14H29NO. The minimum absolute atomic E-state index is 0.397. The second kappa shape index (κ2) is 6.61. The van der Waals surface area contributed by atoms with Crippen LogP contribution in [0.3, 0.4) is 0 Å². The maximum Gasteiger partial charge on any atom is 0.0576 e. The number of rotatable bonds is 7. The molecule has 1 fully saturated rings. The lowest BCUT2D eigenvalue weighted by Gasteiger charge is -2.34. The maximum absolute atomic E-state index is 5.70. The molecule has 2 unspecified atom stereocenters. The highest BCUT2D eigenvalue weighted by atomic mass is 16.5. The Morgan fingerprint density at radius 1 is 1.38 bits per heavy atom. The zero-order valence-electron chi connectivity index (χ0n) is 11.5. The lowest BCUT2D eigenvalue weighted by atomic mass is 9.79. The van der Waals surface area contributed by atoms with Gasteiger partial charge in [-0.25, -0.2) is 0 Å². The fourth-order valence-corrected chi connectivity index (χ4v) is 2.49. The molecule has 2 atom stereocenters. The van der Waals surface area contributed by atoms with E-state index in [0.29, 0.717) is 17.6 Å². The molecular weight excluding hydrogens is 198 g/mol. The Hall–Kier alpha value is -0.0800. The molecule has 0 saturated carbocycles. The third-order valence-electron chi connectivity index (χ3n) is 4.11. The summed E-state index contributed by atoms with van der Waals surface area (Å²) in [6.45, 7) is 11.3. The van der Waals surface area contributed by atoms with Crippen molar-refractivity contribution < 1.29 is 4.74 Å². The highest BCUT2D eigenvalue weighted by Gasteiger charge is 2.28. The van der Waals surface area contributed by atoms with Crippen LogP contribution in [0.4, 0.5) is 0 Å². The van der Waals surface area contributed by atoms with Crippen LogP contribution in [0.2, 0.25) is 0 Å². The summed E-state index contributed by atoms with van der Waals surface area (Å²) in [5.41, 5.74) is 0.397. The van der Waals surface area contributed by atoms with Crippen molar-refractivity contribution >= 4 is 0 Å². The van der Waals surface area contributed by atoms with Crippen LogP contribution >= 0.6 is 0 Å². The number of hydrogen-bond acceptors (Lipinski definition) is 2. The summed E-state index contributed by atoms with van der Waals surface area (Å²) in [7, 11) is 0. The first-order valence-corrected chi connectivity index (χ1v) is 6.95. The van der Waals surface area contributed by atoms with Crippen molar-refractivity contribution in [2.24, 2.45) is 5.41 Å². The Balaban J connectivity index is 2.37. The largest absolute Gasteiger partial charge is 0.378 e. The molecule has 0 aliphatic carbocycles. The van der Waals surface area contributed by atoms with Crippen molar-refractivity contribution in [2.45, 2.75) is 71.9 Å². The van der Waals surface area contributed by atoms with Gasteiger partial charge >= 0.3 is 0 Å². The predicted molar refractivity (Wildman–Crippen MR) is 69.7 cm³/mol. The van der Waals surface area contributed by atoms with Crippen LogP contribution in [0.25, 0.3) is 0 Å². The van der Waals surface area contributed by atoms with Gasteiger partial charge in [-0.2, -0.15) is 0 Å². The number of ether oxygens (including phenoxy) is 1. The van der Waals surface area contributed by atoms with Crippen LogP contribution in [-0.2, 0) is 4.74 Å². The number of hydrogen-bond donors (Lipinski definition) is 1. The summed E-state index contributed by atoms with van der Waals surface area (Å²) in [4.78, 5) is 0. The summed E-state index contributed by atoms with van der Waals surface area (Å²) in [5, 5.41) is 3.64. The SMILES string of the molecule is CCNC(CCC1CCCO1)C(C)(C)CC. The van der Waals surface area contributed by atoms with E-state index < -0.39 is 0 Å². The van der Waals surface area contributed by atoms with Crippen LogP contribution in [0.15, 0.2) is 0 Å². The molecule has 1 aliphatic heterocycles. The van der Waals surface area contributed by atoms with Crippen molar-refractivity contribution in [3.05, 3.63) is 0 Å². The molecule has 2 heteroatoms. The average molecular weight is 227 g/mol. The quantitative estimate of drug-likeness (QED) is 0.720. The third-order valence-corrected chi connectivity index (χ3v) is 4.11. The van der Waals surface area contributed by atoms with Gasteiger partial charge in [-0.3, -0.25) is 0 Å². The second-order valence-corrected chi connectivity index (χ2v) is 5.66. The van der Waals surface area contributed by atoms with Gasteiger partial charge in [0.05, 0.1) is 6.10 Å². The highest BCUT2D eigenvalue weighted by Crippen LogP contribution is 2.29. The molecule has 1 saturated heterocycles. The van der Waals surface area contributed by atoms with Gasteiger partial charge in [-0.05, 0) is 44.1 Å². The van der Waals surface area contributed by atoms with Gasteiger partial charge < -0.3 is 10.1 Å². The Morgan fingerprint density at radius 2 is 2.12 bits per heavy atom. The lowest BCUT2D eigenvalue weighted by Crippen LogP contribution is -2.42. The van der Waals surface area contributed by atoms with Crippen molar-refractivity contribution in [3.8, 4) is 0 Å². The van der Waals surface area contributed by atoms with Gasteiger partial charge in [0.15, 0.2) is 0 Å². The third kappa shape index (κ3) is 4.06. The van der Waals surface area contributed by atoms with E-state index >= 15 is 0 Å². The van der Waals surface area contributed by atoms with Gasteiger partial charge in [0.25, 0.3) is 0 Å². The standard InChI is InChI=1S/C14H29NO/c1-5-14(3,4)13(15-6-2)10-9-12-8-7-11-16-12/h12-13,15H,5-11H2,1-4H3. The van der Waals surface area contributed by atoms with E-state index in [1.165, 1.54) is 32.1 Å². The van der Waals surface area contributed by atoms with Crippen molar-refractivity contribution in [1.82, 2.24) is 5.32 Å². The summed E-state index contributed by atoms with van der Waals surface area (Å²) in [6.07, 6.45) is 6.77. The summed E-state index contributed by atoms with van der Waals surface area (Å²) in [5.74, 6) is 0. The number of nitrogens with one attached hydrogen (secondary N) is 1. The summed E-state index contributed by atoms with van der Waals surface area (Å²) < 4.78 is 5.70. The van der Waals surface area contributed by atoms with Gasteiger partial charge in [0.1, 0.15) is 0 Å². The molecule has 0 bridgehead atoms. The maximum atomic E-state index is 5.70. The van der Waals surface area contributed by atoms with Crippen molar-refractivity contribution in [2.75, 3.05) is 13.2 Å². The van der Waals surface area contributed by atoms with Crippen molar-refractivity contribution in [1.29, 1.82) is 0 Å². The van der Waals surface area contributed by atoms with Gasteiger partial charge in [0.2, 0.25) is 0 Å². The van der Waals surface area contributed by atoms with Crippen LogP contribution < -0.4 is 5.32 Å². The molecule has 0 aromatic heterocycles. The molecule has 0 aromatic rings. The molecule has 1 rings (SSSR count).